The van der Waals surface area contributed by atoms with Crippen LogP contribution in [0.1, 0.15) is 29.5 Å². The summed E-state index contributed by atoms with van der Waals surface area (Å²) in [5.74, 6) is 1.10. The Hall–Kier alpha value is -1.53. The van der Waals surface area contributed by atoms with Gasteiger partial charge in [-0.05, 0) is 20.8 Å². The van der Waals surface area contributed by atoms with Crippen LogP contribution in [0.2, 0.25) is 0 Å². The highest BCUT2D eigenvalue weighted by molar-refractivity contribution is 7.15. The van der Waals surface area contributed by atoms with Crippen molar-refractivity contribution < 1.29 is 4.74 Å². The first-order valence-electron chi connectivity index (χ1n) is 5.64. The quantitative estimate of drug-likeness (QED) is 0.920. The predicted molar refractivity (Wildman–Crippen MR) is 71.8 cm³/mol. The SMILES string of the molecule is COc1cc(-c2sc(C)nc2C)nc(C(C)N)n1. The fourth-order valence-corrected chi connectivity index (χ4v) is 2.52. The summed E-state index contributed by atoms with van der Waals surface area (Å²) in [6.07, 6.45) is 0. The third kappa shape index (κ3) is 2.49. The van der Waals surface area contributed by atoms with Gasteiger partial charge < -0.3 is 10.5 Å². The van der Waals surface area contributed by atoms with Gasteiger partial charge in [0, 0.05) is 6.07 Å². The minimum absolute atomic E-state index is 0.229. The van der Waals surface area contributed by atoms with Gasteiger partial charge >= 0.3 is 0 Å². The summed E-state index contributed by atoms with van der Waals surface area (Å²) < 4.78 is 5.19. The Bertz CT molecular complexity index is 565. The Morgan fingerprint density at radius 2 is 2.00 bits per heavy atom. The van der Waals surface area contributed by atoms with E-state index >= 15 is 0 Å². The van der Waals surface area contributed by atoms with Gasteiger partial charge in [-0.3, -0.25) is 0 Å². The van der Waals surface area contributed by atoms with E-state index in [1.165, 1.54) is 0 Å². The van der Waals surface area contributed by atoms with Crippen LogP contribution in [-0.4, -0.2) is 22.1 Å². The van der Waals surface area contributed by atoms with Crippen molar-refractivity contribution in [1.29, 1.82) is 0 Å². The highest BCUT2D eigenvalue weighted by Gasteiger charge is 2.14. The molecule has 96 valence electrons. The summed E-state index contributed by atoms with van der Waals surface area (Å²) >= 11 is 1.61. The summed E-state index contributed by atoms with van der Waals surface area (Å²) in [7, 11) is 1.59. The standard InChI is InChI=1S/C12H16N4OS/c1-6(13)12-15-9(5-10(16-12)17-4)11-7(2)14-8(3)18-11/h5-6H,13H2,1-4H3. The molecule has 5 nitrogen and oxygen atoms in total. The molecule has 0 amide bonds. The Morgan fingerprint density at radius 3 is 2.50 bits per heavy atom. The molecule has 2 aromatic rings. The van der Waals surface area contributed by atoms with Crippen LogP contribution in [-0.2, 0) is 0 Å². The lowest BCUT2D eigenvalue weighted by molar-refractivity contribution is 0.394. The fraction of sp³-hybridized carbons (Fsp3) is 0.417. The molecule has 0 aliphatic heterocycles. The van der Waals surface area contributed by atoms with Crippen molar-refractivity contribution >= 4 is 11.3 Å². The van der Waals surface area contributed by atoms with Crippen LogP contribution < -0.4 is 10.5 Å². The molecular formula is C12H16N4OS. The van der Waals surface area contributed by atoms with Gasteiger partial charge in [-0.1, -0.05) is 0 Å². The molecule has 0 aromatic carbocycles. The molecule has 1 unspecified atom stereocenters. The number of hydrogen-bond donors (Lipinski definition) is 1. The van der Waals surface area contributed by atoms with Crippen LogP contribution in [0.25, 0.3) is 10.6 Å². The number of aryl methyl sites for hydroxylation is 2. The number of nitrogens with zero attached hydrogens (tertiary/aromatic N) is 3. The van der Waals surface area contributed by atoms with Gasteiger partial charge in [0.2, 0.25) is 5.88 Å². The minimum atomic E-state index is -0.229. The van der Waals surface area contributed by atoms with Crippen LogP contribution >= 0.6 is 11.3 Å². The zero-order chi connectivity index (χ0) is 13.3. The molecule has 0 aliphatic carbocycles. The monoisotopic (exact) mass is 264 g/mol. The molecule has 6 heteroatoms. The van der Waals surface area contributed by atoms with Crippen molar-refractivity contribution in [3.05, 3.63) is 22.6 Å². The van der Waals surface area contributed by atoms with Gasteiger partial charge in [-0.15, -0.1) is 11.3 Å². The summed E-state index contributed by atoms with van der Waals surface area (Å²) in [5.41, 5.74) is 7.62. The average molecular weight is 264 g/mol. The normalized spacial score (nSPS) is 12.5. The smallest absolute Gasteiger partial charge is 0.216 e. The van der Waals surface area contributed by atoms with E-state index in [0.29, 0.717) is 11.7 Å². The Balaban J connectivity index is 2.56. The average Bonchev–Trinajstić information content (AvgIpc) is 2.67. The molecule has 0 aliphatic rings. The number of methoxy groups -OCH3 is 1. The second-order valence-electron chi connectivity index (χ2n) is 4.09. The van der Waals surface area contributed by atoms with E-state index in [1.54, 1.807) is 18.4 Å². The molecule has 0 saturated carbocycles. The molecule has 1 atom stereocenters. The second kappa shape index (κ2) is 4.99. The third-order valence-corrected chi connectivity index (χ3v) is 3.57. The second-order valence-corrected chi connectivity index (χ2v) is 5.29. The van der Waals surface area contributed by atoms with Crippen LogP contribution in [0.3, 0.4) is 0 Å². The molecule has 2 aromatic heterocycles. The first-order valence-corrected chi connectivity index (χ1v) is 6.46. The number of aromatic nitrogens is 3. The maximum Gasteiger partial charge on any atom is 0.216 e. The van der Waals surface area contributed by atoms with Gasteiger partial charge in [0.05, 0.1) is 34.4 Å². The lowest BCUT2D eigenvalue weighted by Crippen LogP contribution is -2.11. The molecular weight excluding hydrogens is 248 g/mol. The van der Waals surface area contributed by atoms with E-state index in [4.69, 9.17) is 10.5 Å². The predicted octanol–water partition coefficient (Wildman–Crippen LogP) is 2.25. The highest BCUT2D eigenvalue weighted by Crippen LogP contribution is 2.30. The summed E-state index contributed by atoms with van der Waals surface area (Å²) in [6.45, 7) is 5.80. The topological polar surface area (TPSA) is 73.9 Å². The fourth-order valence-electron chi connectivity index (χ4n) is 1.64. The van der Waals surface area contributed by atoms with Gasteiger partial charge in [-0.25, -0.2) is 9.97 Å². The molecule has 2 rings (SSSR count). The van der Waals surface area contributed by atoms with E-state index in [1.807, 2.05) is 26.8 Å². The maximum absolute atomic E-state index is 5.83. The molecule has 0 radical (unpaired) electrons. The van der Waals surface area contributed by atoms with Gasteiger partial charge in [-0.2, -0.15) is 4.98 Å². The van der Waals surface area contributed by atoms with E-state index < -0.39 is 0 Å². The maximum atomic E-state index is 5.83. The number of rotatable bonds is 3. The molecule has 0 spiro atoms. The van der Waals surface area contributed by atoms with Crippen molar-refractivity contribution in [2.75, 3.05) is 7.11 Å². The van der Waals surface area contributed by atoms with Gasteiger partial charge in [0.1, 0.15) is 5.82 Å². The largest absolute Gasteiger partial charge is 0.481 e. The van der Waals surface area contributed by atoms with Crippen molar-refractivity contribution in [2.24, 2.45) is 5.73 Å². The minimum Gasteiger partial charge on any atom is -0.481 e. The molecule has 2 N–H and O–H groups in total. The first-order chi connectivity index (χ1) is 8.51. The van der Waals surface area contributed by atoms with E-state index in [9.17, 15) is 0 Å². The van der Waals surface area contributed by atoms with Crippen LogP contribution in [0, 0.1) is 13.8 Å². The Kier molecular flexibility index (Phi) is 3.58. The van der Waals surface area contributed by atoms with Crippen LogP contribution in [0.5, 0.6) is 5.88 Å². The van der Waals surface area contributed by atoms with Crippen molar-refractivity contribution in [3.8, 4) is 16.5 Å². The van der Waals surface area contributed by atoms with Gasteiger partial charge in [0.15, 0.2) is 0 Å². The Labute approximate surface area is 110 Å². The van der Waals surface area contributed by atoms with Gasteiger partial charge in [0.25, 0.3) is 0 Å². The first kappa shape index (κ1) is 12.9. The van der Waals surface area contributed by atoms with Crippen molar-refractivity contribution in [3.63, 3.8) is 0 Å². The van der Waals surface area contributed by atoms with E-state index in [0.717, 1.165) is 21.3 Å². The Morgan fingerprint density at radius 1 is 1.28 bits per heavy atom. The zero-order valence-electron chi connectivity index (χ0n) is 10.9. The highest BCUT2D eigenvalue weighted by atomic mass is 32.1. The van der Waals surface area contributed by atoms with E-state index in [-0.39, 0.29) is 6.04 Å². The van der Waals surface area contributed by atoms with E-state index in [2.05, 4.69) is 15.0 Å². The lowest BCUT2D eigenvalue weighted by atomic mass is 10.2. The number of hydrogen-bond acceptors (Lipinski definition) is 6. The molecule has 0 fully saturated rings. The van der Waals surface area contributed by atoms with Crippen LogP contribution in [0.4, 0.5) is 0 Å². The summed E-state index contributed by atoms with van der Waals surface area (Å²) in [6, 6.07) is 1.58. The third-order valence-electron chi connectivity index (χ3n) is 2.47. The zero-order valence-corrected chi connectivity index (χ0v) is 11.7. The van der Waals surface area contributed by atoms with Crippen molar-refractivity contribution in [1.82, 2.24) is 15.0 Å². The molecule has 2 heterocycles. The number of thiazole rings is 1. The molecule has 18 heavy (non-hydrogen) atoms. The van der Waals surface area contributed by atoms with Crippen molar-refractivity contribution in [2.45, 2.75) is 26.8 Å². The summed E-state index contributed by atoms with van der Waals surface area (Å²) in [5, 5.41) is 1.02. The summed E-state index contributed by atoms with van der Waals surface area (Å²) in [4.78, 5) is 14.2. The number of nitrogens with two attached hydrogens (primary N) is 1. The lowest BCUT2D eigenvalue weighted by Gasteiger charge is -2.08. The van der Waals surface area contributed by atoms with Crippen LogP contribution in [0.15, 0.2) is 6.07 Å². The number of ether oxygens (including phenoxy) is 1. The molecule has 0 saturated heterocycles. The molecule has 0 bridgehead atoms.